The van der Waals surface area contributed by atoms with Crippen molar-refractivity contribution in [2.24, 2.45) is 14.1 Å². The Labute approximate surface area is 185 Å². The fourth-order valence-corrected chi connectivity index (χ4v) is 2.78. The largest absolute Gasteiger partial charge is 0.820 e. The van der Waals surface area contributed by atoms with E-state index in [1.54, 1.807) is 0 Å². The molecule has 2 aromatic heterocycles. The van der Waals surface area contributed by atoms with Gasteiger partial charge in [-0.15, -0.1) is 0 Å². The van der Waals surface area contributed by atoms with Gasteiger partial charge in [0.15, 0.2) is 0 Å². The summed E-state index contributed by atoms with van der Waals surface area (Å²) in [6.45, 7) is 1.89. The Hall–Kier alpha value is -2.83. The Morgan fingerprint density at radius 2 is 1.10 bits per heavy atom. The van der Waals surface area contributed by atoms with E-state index >= 15 is 0 Å². The average molecular weight is 440 g/mol. The van der Waals surface area contributed by atoms with Gasteiger partial charge in [-0.05, 0) is 11.1 Å². The predicted octanol–water partition coefficient (Wildman–Crippen LogP) is 1.30. The first-order valence-corrected chi connectivity index (χ1v) is 10.8. The number of benzene rings is 2. The van der Waals surface area contributed by atoms with Crippen LogP contribution in [-0.4, -0.2) is 16.2 Å². The van der Waals surface area contributed by atoms with Gasteiger partial charge < -0.3 is 14.3 Å². The van der Waals surface area contributed by atoms with E-state index in [4.69, 9.17) is 0 Å². The highest BCUT2D eigenvalue weighted by atomic mass is 31.2. The lowest BCUT2D eigenvalue weighted by molar-refractivity contribution is -0.671. The topological polar surface area (TPSA) is 73.0 Å². The van der Waals surface area contributed by atoms with Crippen molar-refractivity contribution in [1.29, 1.82) is 0 Å². The molecular formula is C23H29N4O3P. The van der Waals surface area contributed by atoms with Crippen LogP contribution in [0.5, 0.6) is 0 Å². The van der Waals surface area contributed by atoms with Crippen LogP contribution in [0.3, 0.4) is 0 Å². The Bertz CT molecular complexity index is 911. The van der Waals surface area contributed by atoms with E-state index in [2.05, 4.69) is 87.2 Å². The van der Waals surface area contributed by atoms with Gasteiger partial charge in [0.05, 0.1) is 14.1 Å². The molecule has 4 aromatic rings. The quantitative estimate of drug-likeness (QED) is 0.347. The number of rotatable bonds is 5. The van der Waals surface area contributed by atoms with E-state index in [0.717, 1.165) is 20.2 Å². The fourth-order valence-electron chi connectivity index (χ4n) is 2.78. The molecule has 31 heavy (non-hydrogen) atoms. The number of imidazole rings is 2. The van der Waals surface area contributed by atoms with Crippen molar-refractivity contribution < 1.29 is 23.4 Å². The van der Waals surface area contributed by atoms with Crippen LogP contribution in [0, 0.1) is 0 Å². The van der Waals surface area contributed by atoms with Crippen molar-refractivity contribution >= 4 is 8.60 Å². The van der Waals surface area contributed by atoms with Crippen LogP contribution >= 0.6 is 8.60 Å². The molecule has 0 saturated heterocycles. The van der Waals surface area contributed by atoms with Gasteiger partial charge in [-0.1, -0.05) is 60.7 Å². The van der Waals surface area contributed by atoms with Crippen LogP contribution in [0.25, 0.3) is 0 Å². The molecule has 0 amide bonds. The summed E-state index contributed by atoms with van der Waals surface area (Å²) in [7, 11) is 2.56. The molecule has 0 saturated carbocycles. The first-order valence-electron chi connectivity index (χ1n) is 9.74. The molecule has 0 spiro atoms. The Balaban J connectivity index is 0.000000182. The summed E-state index contributed by atoms with van der Waals surface area (Å²) in [6.07, 6.45) is 12.4. The number of hydrogen-bond donors (Lipinski definition) is 0. The lowest BCUT2D eigenvalue weighted by Crippen LogP contribution is -2.23. The molecule has 0 aliphatic carbocycles. The molecule has 8 heteroatoms. The second-order valence-corrected chi connectivity index (χ2v) is 7.69. The molecule has 2 heterocycles. The monoisotopic (exact) mass is 440 g/mol. The fraction of sp³-hybridized carbons (Fsp3) is 0.217. The average Bonchev–Trinajstić information content (AvgIpc) is 3.38. The number of aromatic nitrogens is 4. The van der Waals surface area contributed by atoms with Crippen LogP contribution in [0.4, 0.5) is 0 Å². The molecule has 2 aromatic carbocycles. The van der Waals surface area contributed by atoms with Crippen LogP contribution < -0.4 is 18.9 Å². The van der Waals surface area contributed by atoms with Crippen LogP contribution in [0.15, 0.2) is 98.1 Å². The van der Waals surface area contributed by atoms with Crippen molar-refractivity contribution in [2.75, 3.05) is 7.11 Å². The summed E-state index contributed by atoms with van der Waals surface area (Å²) < 4.78 is 12.1. The lowest BCUT2D eigenvalue weighted by atomic mass is 10.2. The summed E-state index contributed by atoms with van der Waals surface area (Å²) in [6, 6.07) is 20.9. The SMILES string of the molecule is COP([O-])[O-].C[n+]1ccn(Cc2ccccc2)c1.C[n+]1ccn(Cc2ccccc2)c1. The van der Waals surface area contributed by atoms with Crippen molar-refractivity contribution in [3.8, 4) is 0 Å². The van der Waals surface area contributed by atoms with Crippen molar-refractivity contribution in [1.82, 2.24) is 9.13 Å². The minimum atomic E-state index is -2.60. The summed E-state index contributed by atoms with van der Waals surface area (Å²) >= 11 is 0. The number of aryl methyl sites for hydroxylation is 2. The third kappa shape index (κ3) is 10.2. The Morgan fingerprint density at radius 1 is 0.742 bits per heavy atom. The number of hydrogen-bond acceptors (Lipinski definition) is 3. The molecule has 0 atom stereocenters. The third-order valence-electron chi connectivity index (χ3n) is 4.21. The number of nitrogens with zero attached hydrogens (tertiary/aromatic N) is 4. The highest BCUT2D eigenvalue weighted by Crippen LogP contribution is 2.07. The van der Waals surface area contributed by atoms with E-state index in [1.807, 2.05) is 47.8 Å². The molecule has 0 unspecified atom stereocenters. The van der Waals surface area contributed by atoms with E-state index < -0.39 is 8.60 Å². The standard InChI is InChI=1S/2C11H13N2.CH3O3P/c2*1-12-7-8-13(10-12)9-11-5-3-2-4-6-11;1-4-5(2)3/h2*2-8,10H,9H2,1H3;1H3/q2*+1;-2. The summed E-state index contributed by atoms with van der Waals surface area (Å²) in [5, 5.41) is 0. The molecule has 0 aliphatic heterocycles. The smallest absolute Gasteiger partial charge is 0.243 e. The molecule has 164 valence electrons. The van der Waals surface area contributed by atoms with Crippen molar-refractivity contribution in [2.45, 2.75) is 13.1 Å². The highest BCUT2D eigenvalue weighted by Gasteiger charge is 2.00. The van der Waals surface area contributed by atoms with E-state index in [9.17, 15) is 9.79 Å². The van der Waals surface area contributed by atoms with Gasteiger partial charge >= 0.3 is 0 Å². The summed E-state index contributed by atoms with van der Waals surface area (Å²) in [5.41, 5.74) is 2.66. The van der Waals surface area contributed by atoms with Crippen LogP contribution in [-0.2, 0) is 31.7 Å². The molecule has 4 rings (SSSR count). The first-order chi connectivity index (χ1) is 15.0. The minimum absolute atomic E-state index is 0.946. The molecule has 0 bridgehead atoms. The molecule has 7 nitrogen and oxygen atoms in total. The molecule has 0 aliphatic rings. The summed E-state index contributed by atoms with van der Waals surface area (Å²) in [4.78, 5) is 18.4. The summed E-state index contributed by atoms with van der Waals surface area (Å²) in [5.74, 6) is 0. The van der Waals surface area contributed by atoms with E-state index in [1.165, 1.54) is 11.1 Å². The Kier molecular flexibility index (Phi) is 10.6. The highest BCUT2D eigenvalue weighted by molar-refractivity contribution is 7.36. The van der Waals surface area contributed by atoms with Crippen molar-refractivity contribution in [3.05, 3.63) is 109 Å². The lowest BCUT2D eigenvalue weighted by Gasteiger charge is -2.25. The second-order valence-electron chi connectivity index (χ2n) is 6.88. The predicted molar refractivity (Wildman–Crippen MR) is 116 cm³/mol. The second kappa shape index (κ2) is 13.5. The van der Waals surface area contributed by atoms with Gasteiger partial charge in [-0.25, -0.2) is 18.3 Å². The first kappa shape index (κ1) is 24.4. The zero-order chi connectivity index (χ0) is 22.5. The van der Waals surface area contributed by atoms with Crippen molar-refractivity contribution in [3.63, 3.8) is 0 Å². The van der Waals surface area contributed by atoms with Crippen LogP contribution in [0.2, 0.25) is 0 Å². The zero-order valence-corrected chi connectivity index (χ0v) is 19.0. The van der Waals surface area contributed by atoms with Gasteiger partial charge in [-0.2, -0.15) is 8.60 Å². The van der Waals surface area contributed by atoms with Gasteiger partial charge in [0.1, 0.15) is 37.9 Å². The van der Waals surface area contributed by atoms with Gasteiger partial charge in [0.2, 0.25) is 12.7 Å². The zero-order valence-electron chi connectivity index (χ0n) is 18.1. The Morgan fingerprint density at radius 3 is 1.35 bits per heavy atom. The maximum Gasteiger partial charge on any atom is 0.243 e. The normalized spacial score (nSPS) is 10.1. The van der Waals surface area contributed by atoms with E-state index in [0.29, 0.717) is 0 Å². The molecule has 0 fully saturated rings. The van der Waals surface area contributed by atoms with Crippen LogP contribution in [0.1, 0.15) is 11.1 Å². The maximum atomic E-state index is 9.18. The third-order valence-corrected chi connectivity index (χ3v) is 4.51. The van der Waals surface area contributed by atoms with Gasteiger partial charge in [0, 0.05) is 7.11 Å². The molecule has 0 N–H and O–H groups in total. The minimum Gasteiger partial charge on any atom is -0.820 e. The van der Waals surface area contributed by atoms with E-state index in [-0.39, 0.29) is 0 Å². The van der Waals surface area contributed by atoms with Gasteiger partial charge in [0.25, 0.3) is 0 Å². The van der Waals surface area contributed by atoms with Gasteiger partial charge in [-0.3, -0.25) is 0 Å². The molecule has 0 radical (unpaired) electrons. The maximum absolute atomic E-state index is 9.18. The molecular weight excluding hydrogens is 411 g/mol.